The Bertz CT molecular complexity index is 410. The Hall–Kier alpha value is -0.770. The van der Waals surface area contributed by atoms with Gasteiger partial charge in [-0.1, -0.05) is 6.07 Å². The molecular weight excluding hydrogens is 230 g/mol. The maximum absolute atomic E-state index is 5.68. The summed E-state index contributed by atoms with van der Waals surface area (Å²) >= 11 is 7.44. The predicted molar refractivity (Wildman–Crippen MR) is 63.3 cm³/mol. The molecule has 1 N–H and O–H groups in total. The summed E-state index contributed by atoms with van der Waals surface area (Å²) in [5.74, 6) is 0.864. The number of furan rings is 1. The van der Waals surface area contributed by atoms with Crippen molar-refractivity contribution < 1.29 is 4.42 Å². The fourth-order valence-electron chi connectivity index (χ4n) is 1.34. The van der Waals surface area contributed by atoms with Crippen LogP contribution in [0.5, 0.6) is 0 Å². The second-order valence-corrected chi connectivity index (χ2v) is 4.68. The number of nitrogens with one attached hydrogen (secondary N) is 1. The van der Waals surface area contributed by atoms with Crippen LogP contribution in [0.2, 0.25) is 5.22 Å². The second-order valence-electron chi connectivity index (χ2n) is 3.32. The van der Waals surface area contributed by atoms with E-state index < -0.39 is 0 Å². The zero-order valence-electron chi connectivity index (χ0n) is 8.37. The van der Waals surface area contributed by atoms with Crippen molar-refractivity contribution in [1.82, 2.24) is 5.32 Å². The third kappa shape index (κ3) is 2.84. The highest BCUT2D eigenvalue weighted by atomic mass is 35.5. The van der Waals surface area contributed by atoms with Crippen LogP contribution in [0.4, 0.5) is 0 Å². The van der Waals surface area contributed by atoms with Crippen LogP contribution in [0.15, 0.2) is 34.1 Å². The molecule has 4 heteroatoms. The van der Waals surface area contributed by atoms with Crippen LogP contribution in [0, 0.1) is 0 Å². The van der Waals surface area contributed by atoms with Crippen molar-refractivity contribution in [1.29, 1.82) is 0 Å². The van der Waals surface area contributed by atoms with Gasteiger partial charge in [0.05, 0.1) is 6.54 Å². The Morgan fingerprint density at radius 3 is 2.93 bits per heavy atom. The fraction of sp³-hybridized carbons (Fsp3) is 0.273. The molecule has 0 aliphatic carbocycles. The molecule has 0 bridgehead atoms. The molecule has 2 rings (SSSR count). The van der Waals surface area contributed by atoms with Crippen LogP contribution in [-0.4, -0.2) is 0 Å². The summed E-state index contributed by atoms with van der Waals surface area (Å²) in [6.45, 7) is 2.84. The summed E-state index contributed by atoms with van der Waals surface area (Å²) in [4.78, 5) is 1.33. The SMILES string of the molecule is CC(NCc1ccc(Cl)o1)c1cccs1. The molecule has 2 aromatic heterocycles. The van der Waals surface area contributed by atoms with E-state index in [2.05, 4.69) is 29.8 Å². The summed E-state index contributed by atoms with van der Waals surface area (Å²) < 4.78 is 5.26. The molecule has 80 valence electrons. The van der Waals surface area contributed by atoms with Crippen LogP contribution in [0.1, 0.15) is 23.6 Å². The normalized spacial score (nSPS) is 12.9. The van der Waals surface area contributed by atoms with Gasteiger partial charge in [-0.15, -0.1) is 11.3 Å². The van der Waals surface area contributed by atoms with Crippen LogP contribution in [0.3, 0.4) is 0 Å². The molecule has 2 nitrogen and oxygen atoms in total. The quantitative estimate of drug-likeness (QED) is 0.880. The van der Waals surface area contributed by atoms with E-state index in [0.29, 0.717) is 17.8 Å². The van der Waals surface area contributed by atoms with Gasteiger partial charge in [0.15, 0.2) is 5.22 Å². The molecule has 0 aromatic carbocycles. The van der Waals surface area contributed by atoms with Gasteiger partial charge in [-0.2, -0.15) is 0 Å². The largest absolute Gasteiger partial charge is 0.448 e. The minimum Gasteiger partial charge on any atom is -0.448 e. The summed E-state index contributed by atoms with van der Waals surface area (Å²) in [5.41, 5.74) is 0. The molecule has 1 unspecified atom stereocenters. The first kappa shape index (κ1) is 10.7. The van der Waals surface area contributed by atoms with Crippen molar-refractivity contribution in [2.75, 3.05) is 0 Å². The average Bonchev–Trinajstić information content (AvgIpc) is 2.84. The third-order valence-corrected chi connectivity index (χ3v) is 3.44. The molecule has 0 saturated carbocycles. The van der Waals surface area contributed by atoms with Gasteiger partial charge in [0.1, 0.15) is 5.76 Å². The summed E-state index contributed by atoms with van der Waals surface area (Å²) in [5, 5.41) is 5.89. The molecule has 0 aliphatic heterocycles. The van der Waals surface area contributed by atoms with Crippen molar-refractivity contribution in [3.05, 3.63) is 45.5 Å². The van der Waals surface area contributed by atoms with E-state index in [0.717, 1.165) is 5.76 Å². The van der Waals surface area contributed by atoms with Gasteiger partial charge < -0.3 is 9.73 Å². The summed E-state index contributed by atoms with van der Waals surface area (Å²) in [6, 6.07) is 8.17. The fourth-order valence-corrected chi connectivity index (χ4v) is 2.26. The topological polar surface area (TPSA) is 25.2 Å². The van der Waals surface area contributed by atoms with Crippen LogP contribution in [-0.2, 0) is 6.54 Å². The first-order valence-electron chi connectivity index (χ1n) is 4.76. The molecule has 0 spiro atoms. The maximum Gasteiger partial charge on any atom is 0.193 e. The van der Waals surface area contributed by atoms with E-state index in [-0.39, 0.29) is 0 Å². The van der Waals surface area contributed by atoms with Crippen LogP contribution < -0.4 is 5.32 Å². The number of thiophene rings is 1. The second kappa shape index (κ2) is 4.84. The van der Waals surface area contributed by atoms with Crippen molar-refractivity contribution in [3.8, 4) is 0 Å². The maximum atomic E-state index is 5.68. The summed E-state index contributed by atoms with van der Waals surface area (Å²) in [6.07, 6.45) is 0. The van der Waals surface area contributed by atoms with Crippen LogP contribution >= 0.6 is 22.9 Å². The molecular formula is C11H12ClNOS. The molecule has 0 radical (unpaired) electrons. The molecule has 0 amide bonds. The van der Waals surface area contributed by atoms with E-state index in [1.54, 1.807) is 17.4 Å². The van der Waals surface area contributed by atoms with E-state index in [9.17, 15) is 0 Å². The highest BCUT2D eigenvalue weighted by molar-refractivity contribution is 7.10. The molecule has 0 aliphatic rings. The minimum absolute atomic E-state index is 0.342. The van der Waals surface area contributed by atoms with Gasteiger partial charge in [-0.25, -0.2) is 0 Å². The van der Waals surface area contributed by atoms with Gasteiger partial charge in [0, 0.05) is 10.9 Å². The Kier molecular flexibility index (Phi) is 3.46. The van der Waals surface area contributed by atoms with Crippen molar-refractivity contribution in [2.45, 2.75) is 19.5 Å². The van der Waals surface area contributed by atoms with E-state index >= 15 is 0 Å². The minimum atomic E-state index is 0.342. The number of hydrogen-bond acceptors (Lipinski definition) is 3. The number of rotatable bonds is 4. The van der Waals surface area contributed by atoms with Crippen molar-refractivity contribution >= 4 is 22.9 Å². The molecule has 2 heterocycles. The third-order valence-electron chi connectivity index (χ3n) is 2.18. The summed E-state index contributed by atoms with van der Waals surface area (Å²) in [7, 11) is 0. The monoisotopic (exact) mass is 241 g/mol. The number of hydrogen-bond donors (Lipinski definition) is 1. The van der Waals surface area contributed by atoms with Gasteiger partial charge in [0.25, 0.3) is 0 Å². The lowest BCUT2D eigenvalue weighted by molar-refractivity contribution is 0.464. The Balaban J connectivity index is 1.88. The van der Waals surface area contributed by atoms with Gasteiger partial charge in [0.2, 0.25) is 0 Å². The lowest BCUT2D eigenvalue weighted by atomic mass is 10.2. The molecule has 0 saturated heterocycles. The number of halogens is 1. The van der Waals surface area contributed by atoms with E-state index in [1.165, 1.54) is 4.88 Å². The Morgan fingerprint density at radius 1 is 1.47 bits per heavy atom. The highest BCUT2D eigenvalue weighted by Crippen LogP contribution is 2.19. The zero-order chi connectivity index (χ0) is 10.7. The smallest absolute Gasteiger partial charge is 0.193 e. The lowest BCUT2D eigenvalue weighted by Gasteiger charge is -2.10. The van der Waals surface area contributed by atoms with Crippen molar-refractivity contribution in [3.63, 3.8) is 0 Å². The average molecular weight is 242 g/mol. The van der Waals surface area contributed by atoms with Crippen molar-refractivity contribution in [2.24, 2.45) is 0 Å². The van der Waals surface area contributed by atoms with Gasteiger partial charge in [-0.05, 0) is 42.1 Å². The van der Waals surface area contributed by atoms with Gasteiger partial charge in [-0.3, -0.25) is 0 Å². The molecule has 2 aromatic rings. The van der Waals surface area contributed by atoms with Gasteiger partial charge >= 0.3 is 0 Å². The Morgan fingerprint density at radius 2 is 2.33 bits per heavy atom. The molecule has 0 fully saturated rings. The highest BCUT2D eigenvalue weighted by Gasteiger charge is 2.06. The van der Waals surface area contributed by atoms with E-state index in [4.69, 9.17) is 16.0 Å². The Labute approximate surface area is 97.9 Å². The standard InChI is InChI=1S/C11H12ClNOS/c1-8(10-3-2-6-15-10)13-7-9-4-5-11(12)14-9/h2-6,8,13H,7H2,1H3. The van der Waals surface area contributed by atoms with E-state index in [1.807, 2.05) is 6.07 Å². The molecule has 1 atom stereocenters. The predicted octanol–water partition coefficient (Wildman–Crippen LogP) is 3.85. The first-order chi connectivity index (χ1) is 7.25. The zero-order valence-corrected chi connectivity index (χ0v) is 9.94. The molecule has 15 heavy (non-hydrogen) atoms. The van der Waals surface area contributed by atoms with Crippen LogP contribution in [0.25, 0.3) is 0 Å². The lowest BCUT2D eigenvalue weighted by Crippen LogP contribution is -2.16. The first-order valence-corrected chi connectivity index (χ1v) is 6.02.